The fraction of sp³-hybridized carbons (Fsp3) is 1.00. The average Bonchev–Trinajstić information content (AvgIpc) is 2.10. The number of hydrogen-bond donors (Lipinski definition) is 0. The lowest BCUT2D eigenvalue weighted by Crippen LogP contribution is -2.39. The molecule has 0 aromatic carbocycles. The fourth-order valence-corrected chi connectivity index (χ4v) is 1.90. The van der Waals surface area contributed by atoms with E-state index in [0.29, 0.717) is 18.1 Å². The van der Waals surface area contributed by atoms with Gasteiger partial charge in [0.25, 0.3) is 0 Å². The summed E-state index contributed by atoms with van der Waals surface area (Å²) < 4.78 is 6.00. The number of hydrogen-bond acceptors (Lipinski definition) is 2. The van der Waals surface area contributed by atoms with Crippen LogP contribution in [0, 0.1) is 5.92 Å². The Balaban J connectivity index is 0. The Bertz CT molecular complexity index is 184. The van der Waals surface area contributed by atoms with Crippen molar-refractivity contribution in [3.8, 4) is 0 Å². The van der Waals surface area contributed by atoms with E-state index in [9.17, 15) is 0 Å². The highest BCUT2D eigenvalue weighted by Crippen LogP contribution is 2.18. The van der Waals surface area contributed by atoms with E-state index in [2.05, 4.69) is 60.3 Å². The summed E-state index contributed by atoms with van der Waals surface area (Å²) in [7, 11) is 0. The Hall–Kier alpha value is -0.0800. The van der Waals surface area contributed by atoms with E-state index in [1.807, 2.05) is 0 Å². The smallest absolute Gasteiger partial charge is 0.0602 e. The first-order valence-electron chi connectivity index (χ1n) is 6.59. The van der Waals surface area contributed by atoms with Crippen molar-refractivity contribution in [2.45, 2.75) is 80.6 Å². The molecule has 0 N–H and O–H groups in total. The lowest BCUT2D eigenvalue weighted by Gasteiger charge is -2.33. The molecule has 17 heavy (non-hydrogen) atoms. The molecule has 2 atom stereocenters. The Morgan fingerprint density at radius 3 is 1.82 bits per heavy atom. The Kier molecular flexibility index (Phi) is 9.18. The minimum atomic E-state index is -0.0391. The summed E-state index contributed by atoms with van der Waals surface area (Å²) in [5.74, 6) is 0.571. The molecule has 0 saturated carbocycles. The van der Waals surface area contributed by atoms with Crippen molar-refractivity contribution in [1.29, 1.82) is 0 Å². The second kappa shape index (κ2) is 8.10. The molecule has 0 aliphatic heterocycles. The maximum Gasteiger partial charge on any atom is 0.0602 e. The molecule has 0 fully saturated rings. The van der Waals surface area contributed by atoms with Crippen LogP contribution in [0.1, 0.15) is 62.8 Å². The Labute approximate surface area is 110 Å². The molecule has 2 nitrogen and oxygen atoms in total. The van der Waals surface area contributed by atoms with Crippen molar-refractivity contribution in [2.24, 2.45) is 5.92 Å². The van der Waals surface area contributed by atoms with E-state index in [1.54, 1.807) is 0 Å². The molecule has 0 amide bonds. The first-order valence-corrected chi connectivity index (χ1v) is 6.59. The standard InChI is InChI=1S/C14H31NO.CH4/c1-9-15(11(2)3)10-12(4)13(5)16-14(6,7)8;/h11-13H,9-10H2,1-8H3;1H4. The minimum absolute atomic E-state index is 0. The molecule has 0 spiro atoms. The molecular weight excluding hydrogens is 210 g/mol. The highest BCUT2D eigenvalue weighted by Gasteiger charge is 2.22. The second-order valence-electron chi connectivity index (χ2n) is 6.09. The highest BCUT2D eigenvalue weighted by atomic mass is 16.5. The molecule has 0 saturated heterocycles. The zero-order valence-corrected chi connectivity index (χ0v) is 12.5. The minimum Gasteiger partial charge on any atom is -0.373 e. The summed E-state index contributed by atoms with van der Waals surface area (Å²) in [5.41, 5.74) is -0.0391. The SMILES string of the molecule is C.CCN(CC(C)C(C)OC(C)(C)C)C(C)C. The van der Waals surface area contributed by atoms with Crippen molar-refractivity contribution >= 4 is 0 Å². The van der Waals surface area contributed by atoms with E-state index in [-0.39, 0.29) is 13.0 Å². The van der Waals surface area contributed by atoms with Gasteiger partial charge in [-0.25, -0.2) is 0 Å². The van der Waals surface area contributed by atoms with Gasteiger partial charge in [0.05, 0.1) is 11.7 Å². The number of rotatable bonds is 6. The number of nitrogens with zero attached hydrogens (tertiary/aromatic N) is 1. The van der Waals surface area contributed by atoms with Crippen molar-refractivity contribution < 1.29 is 4.74 Å². The molecule has 106 valence electrons. The molecule has 0 radical (unpaired) electrons. The van der Waals surface area contributed by atoms with Gasteiger partial charge < -0.3 is 9.64 Å². The monoisotopic (exact) mass is 245 g/mol. The van der Waals surface area contributed by atoms with Crippen LogP contribution in [0.25, 0.3) is 0 Å². The van der Waals surface area contributed by atoms with Gasteiger partial charge in [-0.05, 0) is 54.0 Å². The lowest BCUT2D eigenvalue weighted by atomic mass is 10.0. The molecule has 0 rings (SSSR count). The predicted molar refractivity (Wildman–Crippen MR) is 78.6 cm³/mol. The van der Waals surface area contributed by atoms with Gasteiger partial charge >= 0.3 is 0 Å². The van der Waals surface area contributed by atoms with Crippen LogP contribution in [0.4, 0.5) is 0 Å². The number of ether oxygens (including phenoxy) is 1. The van der Waals surface area contributed by atoms with Crippen molar-refractivity contribution in [2.75, 3.05) is 13.1 Å². The molecule has 0 aromatic heterocycles. The third-order valence-corrected chi connectivity index (χ3v) is 3.00. The van der Waals surface area contributed by atoms with Gasteiger partial charge in [-0.1, -0.05) is 21.3 Å². The van der Waals surface area contributed by atoms with E-state index >= 15 is 0 Å². The van der Waals surface area contributed by atoms with Gasteiger partial charge in [0, 0.05) is 12.6 Å². The molecule has 2 heteroatoms. The van der Waals surface area contributed by atoms with Gasteiger partial charge in [0.2, 0.25) is 0 Å². The molecular formula is C15H35NO. The van der Waals surface area contributed by atoms with E-state index < -0.39 is 0 Å². The van der Waals surface area contributed by atoms with Crippen LogP contribution >= 0.6 is 0 Å². The lowest BCUT2D eigenvalue weighted by molar-refractivity contribution is -0.0781. The summed E-state index contributed by atoms with van der Waals surface area (Å²) >= 11 is 0. The van der Waals surface area contributed by atoms with Crippen LogP contribution in [0.5, 0.6) is 0 Å². The first kappa shape index (κ1) is 19.3. The van der Waals surface area contributed by atoms with E-state index in [4.69, 9.17) is 4.74 Å². The second-order valence-corrected chi connectivity index (χ2v) is 6.09. The predicted octanol–water partition coefficient (Wildman–Crippen LogP) is 4.19. The first-order chi connectivity index (χ1) is 7.17. The molecule has 0 bridgehead atoms. The third kappa shape index (κ3) is 8.62. The van der Waals surface area contributed by atoms with Crippen molar-refractivity contribution in [3.05, 3.63) is 0 Å². The van der Waals surface area contributed by atoms with Crippen molar-refractivity contribution in [1.82, 2.24) is 4.90 Å². The van der Waals surface area contributed by atoms with E-state index in [0.717, 1.165) is 13.1 Å². The maximum absolute atomic E-state index is 6.00. The zero-order chi connectivity index (χ0) is 12.9. The molecule has 0 aromatic rings. The maximum atomic E-state index is 6.00. The largest absolute Gasteiger partial charge is 0.373 e. The van der Waals surface area contributed by atoms with Crippen LogP contribution < -0.4 is 0 Å². The van der Waals surface area contributed by atoms with Crippen LogP contribution in [-0.2, 0) is 4.74 Å². The molecule has 0 aliphatic rings. The summed E-state index contributed by atoms with van der Waals surface area (Å²) in [6.45, 7) is 19.8. The van der Waals surface area contributed by atoms with Crippen molar-refractivity contribution in [3.63, 3.8) is 0 Å². The van der Waals surface area contributed by atoms with Crippen LogP contribution in [0.15, 0.2) is 0 Å². The Morgan fingerprint density at radius 2 is 1.53 bits per heavy atom. The quantitative estimate of drug-likeness (QED) is 0.695. The van der Waals surface area contributed by atoms with Gasteiger partial charge in [0.1, 0.15) is 0 Å². The normalized spacial score (nSPS) is 15.9. The fourth-order valence-electron chi connectivity index (χ4n) is 1.90. The van der Waals surface area contributed by atoms with Crippen LogP contribution in [0.3, 0.4) is 0 Å². The summed E-state index contributed by atoms with van der Waals surface area (Å²) in [6.07, 6.45) is 0.313. The topological polar surface area (TPSA) is 12.5 Å². The van der Waals surface area contributed by atoms with Gasteiger partial charge in [-0.3, -0.25) is 0 Å². The highest BCUT2D eigenvalue weighted by molar-refractivity contribution is 4.72. The summed E-state index contributed by atoms with van der Waals surface area (Å²) in [5, 5.41) is 0. The molecule has 0 heterocycles. The van der Waals surface area contributed by atoms with Gasteiger partial charge in [-0.15, -0.1) is 0 Å². The van der Waals surface area contributed by atoms with Gasteiger partial charge in [-0.2, -0.15) is 0 Å². The molecule has 0 aliphatic carbocycles. The molecule has 2 unspecified atom stereocenters. The third-order valence-electron chi connectivity index (χ3n) is 3.00. The van der Waals surface area contributed by atoms with Crippen LogP contribution in [0.2, 0.25) is 0 Å². The zero-order valence-electron chi connectivity index (χ0n) is 12.5. The summed E-state index contributed by atoms with van der Waals surface area (Å²) in [4.78, 5) is 2.49. The van der Waals surface area contributed by atoms with Crippen LogP contribution in [-0.4, -0.2) is 35.7 Å². The van der Waals surface area contributed by atoms with Gasteiger partial charge in [0.15, 0.2) is 0 Å². The Morgan fingerprint density at radius 1 is 1.06 bits per heavy atom. The summed E-state index contributed by atoms with van der Waals surface area (Å²) in [6, 6.07) is 0.620. The average molecular weight is 245 g/mol. The van der Waals surface area contributed by atoms with E-state index in [1.165, 1.54) is 0 Å².